The molecule has 0 radical (unpaired) electrons. The van der Waals surface area contributed by atoms with Gasteiger partial charge in [-0.3, -0.25) is 0 Å². The lowest BCUT2D eigenvalue weighted by molar-refractivity contribution is 0.435. The summed E-state index contributed by atoms with van der Waals surface area (Å²) in [4.78, 5) is 4.29. The second kappa shape index (κ2) is 4.58. The molecule has 3 rings (SSSR count). The summed E-state index contributed by atoms with van der Waals surface area (Å²) >= 11 is 0. The fourth-order valence-electron chi connectivity index (χ4n) is 2.34. The van der Waals surface area contributed by atoms with Crippen molar-refractivity contribution in [2.75, 3.05) is 13.1 Å². The van der Waals surface area contributed by atoms with E-state index in [2.05, 4.69) is 53.0 Å². The van der Waals surface area contributed by atoms with E-state index in [4.69, 9.17) is 0 Å². The van der Waals surface area contributed by atoms with Gasteiger partial charge >= 0.3 is 0 Å². The zero-order chi connectivity index (χ0) is 12.5. The van der Waals surface area contributed by atoms with Gasteiger partial charge < -0.3 is 9.88 Å². The van der Waals surface area contributed by atoms with Crippen molar-refractivity contribution in [2.45, 2.75) is 25.7 Å². The SMILES string of the molecule is CC(C)c1ccc(-n2cncc2C2CNC2)cc1. The van der Waals surface area contributed by atoms with E-state index in [0.717, 1.165) is 13.1 Å². The lowest BCUT2D eigenvalue weighted by Crippen LogP contribution is -2.40. The lowest BCUT2D eigenvalue weighted by atomic mass is 9.99. The van der Waals surface area contributed by atoms with E-state index in [1.165, 1.54) is 16.9 Å². The Balaban J connectivity index is 1.92. The van der Waals surface area contributed by atoms with E-state index in [9.17, 15) is 0 Å². The van der Waals surface area contributed by atoms with E-state index >= 15 is 0 Å². The van der Waals surface area contributed by atoms with E-state index in [1.807, 2.05) is 12.5 Å². The van der Waals surface area contributed by atoms with Crippen LogP contribution in [-0.4, -0.2) is 22.6 Å². The minimum atomic E-state index is 0.581. The Morgan fingerprint density at radius 3 is 2.50 bits per heavy atom. The molecule has 0 spiro atoms. The third kappa shape index (κ3) is 1.95. The van der Waals surface area contributed by atoms with Crippen LogP contribution in [0.15, 0.2) is 36.8 Å². The van der Waals surface area contributed by atoms with Gasteiger partial charge in [0.25, 0.3) is 0 Å². The molecule has 0 bridgehead atoms. The molecular formula is C15H19N3. The van der Waals surface area contributed by atoms with E-state index in [1.54, 1.807) is 0 Å². The molecule has 0 atom stereocenters. The Bertz CT molecular complexity index is 521. The molecule has 1 saturated heterocycles. The molecule has 1 aromatic carbocycles. The molecule has 2 heterocycles. The zero-order valence-electron chi connectivity index (χ0n) is 10.9. The van der Waals surface area contributed by atoms with Crippen molar-refractivity contribution in [1.82, 2.24) is 14.9 Å². The van der Waals surface area contributed by atoms with Gasteiger partial charge in [-0.05, 0) is 23.6 Å². The zero-order valence-corrected chi connectivity index (χ0v) is 10.9. The van der Waals surface area contributed by atoms with Crippen LogP contribution < -0.4 is 5.32 Å². The Morgan fingerprint density at radius 1 is 1.22 bits per heavy atom. The predicted octanol–water partition coefficient (Wildman–Crippen LogP) is 2.68. The van der Waals surface area contributed by atoms with Crippen molar-refractivity contribution in [1.29, 1.82) is 0 Å². The van der Waals surface area contributed by atoms with Gasteiger partial charge in [-0.1, -0.05) is 26.0 Å². The molecule has 1 aliphatic heterocycles. The van der Waals surface area contributed by atoms with E-state index in [0.29, 0.717) is 11.8 Å². The van der Waals surface area contributed by atoms with Crippen LogP contribution >= 0.6 is 0 Å². The molecule has 3 heteroatoms. The molecule has 1 N–H and O–H groups in total. The summed E-state index contributed by atoms with van der Waals surface area (Å²) < 4.78 is 2.20. The molecule has 0 amide bonds. The average Bonchev–Trinajstić information content (AvgIpc) is 2.76. The van der Waals surface area contributed by atoms with Crippen LogP contribution in [0.5, 0.6) is 0 Å². The molecule has 0 aliphatic carbocycles. The summed E-state index contributed by atoms with van der Waals surface area (Å²) in [6.45, 7) is 6.57. The molecule has 2 aromatic rings. The predicted molar refractivity (Wildman–Crippen MR) is 73.3 cm³/mol. The quantitative estimate of drug-likeness (QED) is 0.895. The van der Waals surface area contributed by atoms with Crippen molar-refractivity contribution in [2.24, 2.45) is 0 Å². The maximum atomic E-state index is 4.29. The highest BCUT2D eigenvalue weighted by Crippen LogP contribution is 2.23. The Hall–Kier alpha value is -1.61. The van der Waals surface area contributed by atoms with Crippen LogP contribution in [-0.2, 0) is 0 Å². The highest BCUT2D eigenvalue weighted by Gasteiger charge is 2.22. The Kier molecular flexibility index (Phi) is 2.92. The van der Waals surface area contributed by atoms with Crippen LogP contribution in [0.4, 0.5) is 0 Å². The largest absolute Gasteiger partial charge is 0.315 e. The van der Waals surface area contributed by atoms with Crippen molar-refractivity contribution in [3.8, 4) is 5.69 Å². The highest BCUT2D eigenvalue weighted by molar-refractivity contribution is 5.38. The first-order valence-electron chi connectivity index (χ1n) is 6.59. The minimum Gasteiger partial charge on any atom is -0.315 e. The first kappa shape index (κ1) is 11.5. The second-order valence-electron chi connectivity index (χ2n) is 5.29. The third-order valence-corrected chi connectivity index (χ3v) is 3.70. The molecule has 1 aliphatic rings. The number of aromatic nitrogens is 2. The van der Waals surface area contributed by atoms with Gasteiger partial charge in [0.15, 0.2) is 0 Å². The molecule has 1 aromatic heterocycles. The summed E-state index contributed by atoms with van der Waals surface area (Å²) in [5.74, 6) is 1.19. The van der Waals surface area contributed by atoms with Crippen LogP contribution in [0.3, 0.4) is 0 Å². The number of imidazole rings is 1. The topological polar surface area (TPSA) is 29.9 Å². The van der Waals surface area contributed by atoms with Gasteiger partial charge in [0.1, 0.15) is 0 Å². The fourth-order valence-corrected chi connectivity index (χ4v) is 2.34. The van der Waals surface area contributed by atoms with Crippen LogP contribution in [0.1, 0.15) is 36.9 Å². The molecule has 94 valence electrons. The molecule has 18 heavy (non-hydrogen) atoms. The van der Waals surface area contributed by atoms with Crippen molar-refractivity contribution in [3.63, 3.8) is 0 Å². The molecule has 0 unspecified atom stereocenters. The smallest absolute Gasteiger partial charge is 0.0994 e. The standard InChI is InChI=1S/C15H19N3/c1-11(2)12-3-5-14(6-4-12)18-10-17-9-15(18)13-7-16-8-13/h3-6,9-11,13,16H,7-8H2,1-2H3. The van der Waals surface area contributed by atoms with Crippen LogP contribution in [0.25, 0.3) is 5.69 Å². The monoisotopic (exact) mass is 241 g/mol. The number of benzene rings is 1. The normalized spacial score (nSPS) is 15.9. The summed E-state index contributed by atoms with van der Waals surface area (Å²) in [5.41, 5.74) is 3.90. The van der Waals surface area contributed by atoms with E-state index < -0.39 is 0 Å². The van der Waals surface area contributed by atoms with Crippen molar-refractivity contribution in [3.05, 3.63) is 48.0 Å². The molecule has 3 nitrogen and oxygen atoms in total. The third-order valence-electron chi connectivity index (χ3n) is 3.70. The average molecular weight is 241 g/mol. The maximum Gasteiger partial charge on any atom is 0.0994 e. The molecular weight excluding hydrogens is 222 g/mol. The summed E-state index contributed by atoms with van der Waals surface area (Å²) in [5, 5.41) is 3.31. The van der Waals surface area contributed by atoms with Gasteiger partial charge in [0.2, 0.25) is 0 Å². The van der Waals surface area contributed by atoms with Gasteiger partial charge in [0.05, 0.1) is 6.33 Å². The first-order valence-corrected chi connectivity index (χ1v) is 6.59. The van der Waals surface area contributed by atoms with Gasteiger partial charge in [-0.25, -0.2) is 4.98 Å². The van der Waals surface area contributed by atoms with Crippen molar-refractivity contribution < 1.29 is 0 Å². The van der Waals surface area contributed by atoms with Gasteiger partial charge in [0, 0.05) is 36.6 Å². The number of rotatable bonds is 3. The Morgan fingerprint density at radius 2 is 1.94 bits per heavy atom. The lowest BCUT2D eigenvalue weighted by Gasteiger charge is -2.27. The fraction of sp³-hybridized carbons (Fsp3) is 0.400. The molecule has 0 saturated carbocycles. The first-order chi connectivity index (χ1) is 8.75. The number of hydrogen-bond donors (Lipinski definition) is 1. The summed E-state index contributed by atoms with van der Waals surface area (Å²) in [6, 6.07) is 8.80. The van der Waals surface area contributed by atoms with Crippen molar-refractivity contribution >= 4 is 0 Å². The van der Waals surface area contributed by atoms with Gasteiger partial charge in [-0.15, -0.1) is 0 Å². The Labute approximate surface area is 108 Å². The number of hydrogen-bond acceptors (Lipinski definition) is 2. The number of nitrogens with zero attached hydrogens (tertiary/aromatic N) is 2. The van der Waals surface area contributed by atoms with E-state index in [-0.39, 0.29) is 0 Å². The highest BCUT2D eigenvalue weighted by atomic mass is 15.1. The summed E-state index contributed by atoms with van der Waals surface area (Å²) in [6.07, 6.45) is 3.90. The molecule has 1 fully saturated rings. The minimum absolute atomic E-state index is 0.581. The maximum absolute atomic E-state index is 4.29. The number of nitrogens with one attached hydrogen (secondary N) is 1. The summed E-state index contributed by atoms with van der Waals surface area (Å²) in [7, 11) is 0. The van der Waals surface area contributed by atoms with Crippen LogP contribution in [0.2, 0.25) is 0 Å². The second-order valence-corrected chi connectivity index (χ2v) is 5.29. The van der Waals surface area contributed by atoms with Crippen LogP contribution in [0, 0.1) is 0 Å². The van der Waals surface area contributed by atoms with Gasteiger partial charge in [-0.2, -0.15) is 0 Å².